The minimum Gasteiger partial charge on any atom is -0.479 e. The predicted octanol–water partition coefficient (Wildman–Crippen LogP) is 15.1. The summed E-state index contributed by atoms with van der Waals surface area (Å²) in [5.74, 6) is -3.21. The van der Waals surface area contributed by atoms with E-state index in [-0.39, 0.29) is 25.9 Å². The molecule has 0 saturated carbocycles. The maximum Gasteiger partial charge on any atom is 0.335 e. The molecule has 1 fully saturated rings. The second-order valence-corrected chi connectivity index (χ2v) is 19.9. The minimum atomic E-state index is -1.91. The molecule has 0 amide bonds. The van der Waals surface area contributed by atoms with E-state index in [0.717, 1.165) is 103 Å². The number of carbonyl (C=O) groups excluding carboxylic acids is 3. The van der Waals surface area contributed by atoms with Gasteiger partial charge in [-0.15, -0.1) is 0 Å². The van der Waals surface area contributed by atoms with Crippen molar-refractivity contribution in [1.82, 2.24) is 0 Å². The lowest BCUT2D eigenvalue weighted by Gasteiger charge is -2.40. The number of hydrogen-bond donors (Lipinski definition) is 3. The Balaban J connectivity index is 2.75. The number of ether oxygens (including phenoxy) is 5. The molecule has 0 aromatic rings. The predicted molar refractivity (Wildman–Crippen MR) is 303 cm³/mol. The highest BCUT2D eigenvalue weighted by Crippen LogP contribution is 2.26. The molecule has 0 radical (unpaired) electrons. The quantitative estimate of drug-likeness (QED) is 0.0228. The number of carboxylic acid groups (broad SMARTS) is 1. The molecule has 0 aromatic carbocycles. The van der Waals surface area contributed by atoms with Crippen molar-refractivity contribution in [1.29, 1.82) is 0 Å². The second-order valence-electron chi connectivity index (χ2n) is 19.9. The first-order chi connectivity index (χ1) is 36.6. The molecule has 0 aliphatic carbocycles. The van der Waals surface area contributed by atoms with Gasteiger partial charge < -0.3 is 39.0 Å². The van der Waals surface area contributed by atoms with Crippen molar-refractivity contribution in [3.63, 3.8) is 0 Å². The third-order valence-electron chi connectivity index (χ3n) is 13.0. The van der Waals surface area contributed by atoms with Gasteiger partial charge in [0.15, 0.2) is 24.6 Å². The highest BCUT2D eigenvalue weighted by molar-refractivity contribution is 5.74. The summed E-state index contributed by atoms with van der Waals surface area (Å²) in [5, 5.41) is 31.5. The highest BCUT2D eigenvalue weighted by Gasteiger charge is 2.50. The Bertz CT molecular complexity index is 1630. The van der Waals surface area contributed by atoms with Crippen LogP contribution in [-0.4, -0.2) is 89.2 Å². The zero-order valence-electron chi connectivity index (χ0n) is 47.0. The number of esters is 3. The van der Waals surface area contributed by atoms with Crippen LogP contribution in [-0.2, 0) is 42.9 Å². The Morgan fingerprint density at radius 2 is 0.853 bits per heavy atom. The van der Waals surface area contributed by atoms with Crippen LogP contribution in [0.3, 0.4) is 0 Å². The van der Waals surface area contributed by atoms with E-state index in [4.69, 9.17) is 23.7 Å². The molecule has 1 aliphatic heterocycles. The van der Waals surface area contributed by atoms with Crippen molar-refractivity contribution in [3.05, 3.63) is 85.1 Å². The van der Waals surface area contributed by atoms with Crippen LogP contribution in [0.25, 0.3) is 0 Å². The van der Waals surface area contributed by atoms with Gasteiger partial charge in [0.1, 0.15) is 18.8 Å². The first kappa shape index (κ1) is 68.9. The van der Waals surface area contributed by atoms with Crippen LogP contribution in [0.4, 0.5) is 0 Å². The molecule has 1 heterocycles. The molecule has 3 N–H and O–H groups in total. The fraction of sp³-hybridized carbons (Fsp3) is 0.714. The summed E-state index contributed by atoms with van der Waals surface area (Å²) in [4.78, 5) is 51.1. The van der Waals surface area contributed by atoms with Gasteiger partial charge in [-0.2, -0.15) is 0 Å². The third-order valence-corrected chi connectivity index (χ3v) is 13.0. The Labute approximate surface area is 454 Å². The summed E-state index contributed by atoms with van der Waals surface area (Å²) in [6.07, 6.45) is 52.7. The van der Waals surface area contributed by atoms with Crippen LogP contribution in [0.1, 0.15) is 239 Å². The maximum atomic E-state index is 13.1. The zero-order chi connectivity index (χ0) is 54.7. The summed E-state index contributed by atoms with van der Waals surface area (Å²) in [6.45, 7) is 5.79. The SMILES string of the molecule is CC/C=C\C/C=C\C/C=C\C/C=C\C/C=C\CCCC(=O)OCC(COC1OC(C(=O)O)C(O)C(O)C1OC(=O)CCCCCCCCCCCCCCC)OC(=O)CCCCCCC/C=C\C/C=C\CCCCC. The van der Waals surface area contributed by atoms with E-state index in [1.807, 2.05) is 6.08 Å². The lowest BCUT2D eigenvalue weighted by atomic mass is 9.98. The number of aliphatic hydroxyl groups is 2. The lowest BCUT2D eigenvalue weighted by Crippen LogP contribution is -2.61. The summed E-state index contributed by atoms with van der Waals surface area (Å²) in [7, 11) is 0. The number of rotatable bonds is 49. The van der Waals surface area contributed by atoms with E-state index in [0.29, 0.717) is 25.7 Å². The first-order valence-electron chi connectivity index (χ1n) is 29.6. The third kappa shape index (κ3) is 40.8. The molecule has 12 heteroatoms. The topological polar surface area (TPSA) is 175 Å². The van der Waals surface area contributed by atoms with Gasteiger partial charge in [-0.25, -0.2) is 4.79 Å². The molecule has 0 bridgehead atoms. The van der Waals surface area contributed by atoms with Crippen LogP contribution in [0, 0.1) is 0 Å². The van der Waals surface area contributed by atoms with Gasteiger partial charge in [-0.3, -0.25) is 14.4 Å². The Morgan fingerprint density at radius 1 is 0.453 bits per heavy atom. The molecule has 0 spiro atoms. The van der Waals surface area contributed by atoms with E-state index < -0.39 is 67.3 Å². The van der Waals surface area contributed by atoms with Crippen LogP contribution < -0.4 is 0 Å². The summed E-state index contributed by atoms with van der Waals surface area (Å²) in [6, 6.07) is 0. The molecular weight excluding hydrogens is 949 g/mol. The second kappa shape index (κ2) is 50.7. The molecule has 6 unspecified atom stereocenters. The fourth-order valence-electron chi connectivity index (χ4n) is 8.43. The number of allylic oxidation sites excluding steroid dienone is 14. The van der Waals surface area contributed by atoms with Crippen LogP contribution >= 0.6 is 0 Å². The lowest BCUT2D eigenvalue weighted by molar-refractivity contribution is -0.301. The minimum absolute atomic E-state index is 0.0532. The Morgan fingerprint density at radius 3 is 1.35 bits per heavy atom. The summed E-state index contributed by atoms with van der Waals surface area (Å²) >= 11 is 0. The normalized spacial score (nSPS) is 18.8. The number of carboxylic acids is 1. The van der Waals surface area contributed by atoms with Crippen molar-refractivity contribution in [2.75, 3.05) is 13.2 Å². The summed E-state index contributed by atoms with van der Waals surface area (Å²) in [5.41, 5.74) is 0. The molecule has 12 nitrogen and oxygen atoms in total. The molecular formula is C63H104O12. The van der Waals surface area contributed by atoms with Gasteiger partial charge in [-0.05, 0) is 89.9 Å². The molecule has 428 valence electrons. The highest BCUT2D eigenvalue weighted by atomic mass is 16.7. The van der Waals surface area contributed by atoms with Crippen LogP contribution in [0.5, 0.6) is 0 Å². The number of aliphatic hydroxyl groups excluding tert-OH is 2. The maximum absolute atomic E-state index is 13.1. The van der Waals surface area contributed by atoms with E-state index >= 15 is 0 Å². The van der Waals surface area contributed by atoms with Gasteiger partial charge in [0, 0.05) is 19.3 Å². The van der Waals surface area contributed by atoms with Gasteiger partial charge in [0.2, 0.25) is 0 Å². The smallest absolute Gasteiger partial charge is 0.335 e. The zero-order valence-corrected chi connectivity index (χ0v) is 47.0. The van der Waals surface area contributed by atoms with Crippen molar-refractivity contribution >= 4 is 23.9 Å². The van der Waals surface area contributed by atoms with Gasteiger partial charge in [-0.1, -0.05) is 215 Å². The molecule has 6 atom stereocenters. The number of unbranched alkanes of at least 4 members (excludes halogenated alkanes) is 21. The molecule has 1 aliphatic rings. The van der Waals surface area contributed by atoms with E-state index in [1.54, 1.807) is 0 Å². The molecule has 75 heavy (non-hydrogen) atoms. The molecule has 1 saturated heterocycles. The van der Waals surface area contributed by atoms with Crippen molar-refractivity contribution in [3.8, 4) is 0 Å². The number of carbonyl (C=O) groups is 4. The van der Waals surface area contributed by atoms with Crippen molar-refractivity contribution in [2.45, 2.75) is 276 Å². The number of aliphatic carboxylic acids is 1. The molecule has 0 aromatic heterocycles. The molecule has 1 rings (SSSR count). The van der Waals surface area contributed by atoms with Crippen molar-refractivity contribution in [2.24, 2.45) is 0 Å². The van der Waals surface area contributed by atoms with Crippen LogP contribution in [0.2, 0.25) is 0 Å². The average Bonchev–Trinajstić information content (AvgIpc) is 3.39. The van der Waals surface area contributed by atoms with E-state index in [2.05, 4.69) is 99.8 Å². The van der Waals surface area contributed by atoms with Crippen molar-refractivity contribution < 1.29 is 58.2 Å². The fourth-order valence-corrected chi connectivity index (χ4v) is 8.43. The van der Waals surface area contributed by atoms with Gasteiger partial charge in [0.05, 0.1) is 6.61 Å². The first-order valence-corrected chi connectivity index (χ1v) is 29.6. The van der Waals surface area contributed by atoms with Crippen LogP contribution in [0.15, 0.2) is 85.1 Å². The Kier molecular flexibility index (Phi) is 46.6. The average molecular weight is 1050 g/mol. The van der Waals surface area contributed by atoms with Gasteiger partial charge >= 0.3 is 23.9 Å². The summed E-state index contributed by atoms with van der Waals surface area (Å²) < 4.78 is 28.4. The Hall–Kier alpha value is -4.10. The standard InChI is InChI=1S/C63H104O12/c1-4-7-10-13-16-19-22-25-27-28-30-32-34-37-40-43-46-49-55(64)71-52-54(73-56(65)50-47-44-41-38-36-33-29-26-23-20-17-14-11-8-5-2)53-72-63-61(59(68)58(67)60(75-63)62(69)70)74-57(66)51-48-45-42-39-35-31-24-21-18-15-12-9-6-3/h7,10,16-17,19-20,25-27,29-30,32,37,40,54,58-61,63,67-68H,4-6,8-9,11-15,18,21-24,28,31,33-36,38-39,41-53H2,1-3H3,(H,69,70)/b10-7-,19-16-,20-17-,27-25-,29-26-,32-30-,40-37-. The van der Waals surface area contributed by atoms with E-state index in [9.17, 15) is 34.5 Å². The van der Waals surface area contributed by atoms with Gasteiger partial charge in [0.25, 0.3) is 0 Å². The largest absolute Gasteiger partial charge is 0.479 e. The van der Waals surface area contributed by atoms with E-state index in [1.165, 1.54) is 70.6 Å². The number of hydrogen-bond acceptors (Lipinski definition) is 11. The monoisotopic (exact) mass is 1050 g/mol.